The van der Waals surface area contributed by atoms with Gasteiger partial charge in [-0.1, -0.05) is 83.6 Å². The zero-order valence-electron chi connectivity index (χ0n) is 19.3. The number of nitrogens with one attached hydrogen (secondary N) is 2. The summed E-state index contributed by atoms with van der Waals surface area (Å²) >= 11 is 0. The van der Waals surface area contributed by atoms with Crippen LogP contribution in [-0.4, -0.2) is 19.2 Å². The lowest BCUT2D eigenvalue weighted by Gasteiger charge is -2.37. The van der Waals surface area contributed by atoms with E-state index in [2.05, 4.69) is 54.1 Å². The lowest BCUT2D eigenvalue weighted by atomic mass is 10.0. The molecule has 2 amide bonds. The van der Waals surface area contributed by atoms with E-state index in [4.69, 9.17) is 4.18 Å². The van der Waals surface area contributed by atoms with Crippen molar-refractivity contribution < 1.29 is 8.98 Å². The van der Waals surface area contributed by atoms with Gasteiger partial charge in [0.2, 0.25) is 0 Å². The molecule has 1 unspecified atom stereocenters. The largest absolute Gasteiger partial charge is 0.336 e. The van der Waals surface area contributed by atoms with Crippen molar-refractivity contribution in [3.8, 4) is 0 Å². The van der Waals surface area contributed by atoms with Gasteiger partial charge in [0.25, 0.3) is 0 Å². The van der Waals surface area contributed by atoms with Gasteiger partial charge in [-0.05, 0) is 60.7 Å². The van der Waals surface area contributed by atoms with E-state index in [1.54, 1.807) is 0 Å². The van der Waals surface area contributed by atoms with Crippen LogP contribution in [0.25, 0.3) is 5.57 Å². The molecule has 0 saturated heterocycles. The Balaban J connectivity index is 1.61. The molecular formula is C28H32N2O2S. The van der Waals surface area contributed by atoms with Gasteiger partial charge in [0, 0.05) is 16.3 Å². The quantitative estimate of drug-likeness (QED) is 0.318. The van der Waals surface area contributed by atoms with Crippen LogP contribution < -0.4 is 10.6 Å². The minimum Gasteiger partial charge on any atom is -0.336 e. The first-order valence-corrected chi connectivity index (χ1v) is 12.6. The molecule has 33 heavy (non-hydrogen) atoms. The third-order valence-electron chi connectivity index (χ3n) is 5.31. The average molecular weight is 461 g/mol. The molecule has 3 rings (SSSR count). The van der Waals surface area contributed by atoms with Crippen LogP contribution in [0.4, 0.5) is 4.79 Å². The molecule has 5 heteroatoms. The second-order valence-corrected chi connectivity index (χ2v) is 10.5. The standard InChI is InChI=1S/C28H32N2O2S/c1-5-33(26-15-8-6-9-16-26,27-17-10-7-11-18-27)32-20-19-29-28(31)30-23(4)25-14-12-13-24(21-25)22(2)3/h5-18,21,23H,1-2,19-20H2,3-4H3,(H2,29,30,31). The fourth-order valence-corrected chi connectivity index (χ4v) is 5.99. The minimum absolute atomic E-state index is 0.128. The summed E-state index contributed by atoms with van der Waals surface area (Å²) in [5, 5.41) is 7.79. The van der Waals surface area contributed by atoms with E-state index in [0.717, 1.165) is 26.5 Å². The molecule has 0 aliphatic rings. The van der Waals surface area contributed by atoms with E-state index >= 15 is 0 Å². The molecule has 0 aromatic heterocycles. The highest BCUT2D eigenvalue weighted by molar-refractivity contribution is 8.32. The molecule has 172 valence electrons. The number of amides is 2. The average Bonchev–Trinajstić information content (AvgIpc) is 2.85. The molecule has 3 aromatic carbocycles. The van der Waals surface area contributed by atoms with E-state index < -0.39 is 10.3 Å². The first-order valence-electron chi connectivity index (χ1n) is 11.0. The lowest BCUT2D eigenvalue weighted by molar-refractivity contribution is 0.235. The molecule has 0 aliphatic carbocycles. The van der Waals surface area contributed by atoms with Crippen LogP contribution in [0.5, 0.6) is 0 Å². The second-order valence-electron chi connectivity index (χ2n) is 7.74. The maximum absolute atomic E-state index is 12.5. The number of rotatable bonds is 10. The molecule has 0 radical (unpaired) electrons. The van der Waals surface area contributed by atoms with Crippen molar-refractivity contribution in [3.05, 3.63) is 115 Å². The topological polar surface area (TPSA) is 50.4 Å². The summed E-state index contributed by atoms with van der Waals surface area (Å²) in [7, 11) is -1.88. The van der Waals surface area contributed by atoms with Crippen LogP contribution in [-0.2, 0) is 4.18 Å². The first kappa shape index (κ1) is 24.4. The van der Waals surface area contributed by atoms with E-state index in [-0.39, 0.29) is 12.1 Å². The maximum Gasteiger partial charge on any atom is 0.315 e. The van der Waals surface area contributed by atoms with Gasteiger partial charge in [0.05, 0.1) is 12.6 Å². The van der Waals surface area contributed by atoms with Gasteiger partial charge in [-0.25, -0.2) is 4.79 Å². The molecular weight excluding hydrogens is 428 g/mol. The molecule has 0 fully saturated rings. The molecule has 2 N–H and O–H groups in total. The van der Waals surface area contributed by atoms with Gasteiger partial charge < -0.3 is 14.8 Å². The molecule has 0 bridgehead atoms. The fraction of sp³-hybridized carbons (Fsp3) is 0.179. The van der Waals surface area contributed by atoms with E-state index in [1.165, 1.54) is 0 Å². The van der Waals surface area contributed by atoms with Gasteiger partial charge in [-0.15, -0.1) is 0 Å². The highest BCUT2D eigenvalue weighted by Crippen LogP contribution is 2.64. The summed E-state index contributed by atoms with van der Waals surface area (Å²) in [6.45, 7) is 12.8. The lowest BCUT2D eigenvalue weighted by Crippen LogP contribution is -2.38. The van der Waals surface area contributed by atoms with Crippen molar-refractivity contribution in [2.75, 3.05) is 13.2 Å². The van der Waals surface area contributed by atoms with E-state index in [0.29, 0.717) is 13.2 Å². The van der Waals surface area contributed by atoms with Crippen LogP contribution >= 0.6 is 10.3 Å². The zero-order chi connectivity index (χ0) is 23.7. The SMILES string of the molecule is C=CS(OCCNC(=O)NC(C)c1cccc(C(=C)C)c1)(c1ccccc1)c1ccccc1. The summed E-state index contributed by atoms with van der Waals surface area (Å²) in [5.41, 5.74) is 3.10. The monoisotopic (exact) mass is 460 g/mol. The number of allylic oxidation sites excluding steroid dienone is 1. The minimum atomic E-state index is -1.88. The molecule has 0 spiro atoms. The predicted molar refractivity (Wildman–Crippen MR) is 139 cm³/mol. The van der Waals surface area contributed by atoms with Gasteiger partial charge in [0.1, 0.15) is 0 Å². The van der Waals surface area contributed by atoms with Crippen molar-refractivity contribution in [3.63, 3.8) is 0 Å². The summed E-state index contributed by atoms with van der Waals surface area (Å²) in [6, 6.07) is 27.9. The normalized spacial score (nSPS) is 12.4. The Kier molecular flexibility index (Phi) is 8.52. The molecule has 4 nitrogen and oxygen atoms in total. The van der Waals surface area contributed by atoms with Crippen LogP contribution in [0, 0.1) is 0 Å². The van der Waals surface area contributed by atoms with Crippen molar-refractivity contribution in [1.82, 2.24) is 10.6 Å². The number of urea groups is 1. The first-order chi connectivity index (χ1) is 16.0. The Morgan fingerprint density at radius 2 is 1.61 bits per heavy atom. The zero-order valence-corrected chi connectivity index (χ0v) is 20.1. The van der Waals surface area contributed by atoms with Crippen molar-refractivity contribution in [1.29, 1.82) is 0 Å². The van der Waals surface area contributed by atoms with Crippen molar-refractivity contribution >= 4 is 21.9 Å². The summed E-state index contributed by atoms with van der Waals surface area (Å²) in [6.07, 6.45) is 0. The maximum atomic E-state index is 12.5. The van der Waals surface area contributed by atoms with Crippen LogP contribution in [0.2, 0.25) is 0 Å². The van der Waals surface area contributed by atoms with Gasteiger partial charge in [0.15, 0.2) is 0 Å². The van der Waals surface area contributed by atoms with Crippen molar-refractivity contribution in [2.24, 2.45) is 0 Å². The number of benzene rings is 3. The van der Waals surface area contributed by atoms with Gasteiger partial charge >= 0.3 is 6.03 Å². The summed E-state index contributed by atoms with van der Waals surface area (Å²) in [5.74, 6) is 0. The number of carbonyl (C=O) groups excluding carboxylic acids is 1. The smallest absolute Gasteiger partial charge is 0.315 e. The third kappa shape index (κ3) is 6.15. The van der Waals surface area contributed by atoms with Crippen LogP contribution in [0.3, 0.4) is 0 Å². The van der Waals surface area contributed by atoms with Crippen LogP contribution in [0.15, 0.2) is 113 Å². The Hall–Kier alpha value is -3.28. The van der Waals surface area contributed by atoms with E-state index in [1.807, 2.05) is 73.9 Å². The Bertz CT molecular complexity index is 1040. The Morgan fingerprint density at radius 1 is 1.00 bits per heavy atom. The highest BCUT2D eigenvalue weighted by atomic mass is 32.3. The van der Waals surface area contributed by atoms with Gasteiger partial charge in [-0.2, -0.15) is 0 Å². The van der Waals surface area contributed by atoms with E-state index in [9.17, 15) is 4.79 Å². The van der Waals surface area contributed by atoms with Gasteiger partial charge in [-0.3, -0.25) is 0 Å². The number of hydrogen-bond acceptors (Lipinski definition) is 2. The van der Waals surface area contributed by atoms with Crippen molar-refractivity contribution in [2.45, 2.75) is 29.7 Å². The fourth-order valence-electron chi connectivity index (χ4n) is 3.50. The third-order valence-corrected chi connectivity index (χ3v) is 8.26. The summed E-state index contributed by atoms with van der Waals surface area (Å²) in [4.78, 5) is 14.6. The van der Waals surface area contributed by atoms with Crippen LogP contribution in [0.1, 0.15) is 31.0 Å². The predicted octanol–water partition coefficient (Wildman–Crippen LogP) is 7.08. The Morgan fingerprint density at radius 3 is 2.15 bits per heavy atom. The molecule has 0 saturated carbocycles. The molecule has 0 aliphatic heterocycles. The number of hydrogen-bond donors (Lipinski definition) is 2. The number of carbonyl (C=O) groups is 1. The second kappa shape index (κ2) is 11.5. The molecule has 3 aromatic rings. The molecule has 0 heterocycles. The molecule has 1 atom stereocenters. The summed E-state index contributed by atoms with van der Waals surface area (Å²) < 4.78 is 6.45. The Labute approximate surface area is 198 Å². The highest BCUT2D eigenvalue weighted by Gasteiger charge is 2.26.